The van der Waals surface area contributed by atoms with Crippen molar-refractivity contribution in [3.8, 4) is 11.7 Å². The van der Waals surface area contributed by atoms with Gasteiger partial charge in [0.2, 0.25) is 11.9 Å². The molecule has 3 aromatic rings. The van der Waals surface area contributed by atoms with Gasteiger partial charge in [0.15, 0.2) is 0 Å². The van der Waals surface area contributed by atoms with Gasteiger partial charge in [0.05, 0.1) is 12.3 Å². The summed E-state index contributed by atoms with van der Waals surface area (Å²) in [5.74, 6) is 0.724. The van der Waals surface area contributed by atoms with Gasteiger partial charge in [-0.05, 0) is 65.0 Å². The summed E-state index contributed by atoms with van der Waals surface area (Å²) in [4.78, 5) is 30.1. The van der Waals surface area contributed by atoms with Gasteiger partial charge >= 0.3 is 0 Å². The topological polar surface area (TPSA) is 91.0 Å². The lowest BCUT2D eigenvalue weighted by molar-refractivity contribution is -0.116. The number of carbonyl (C=O) groups is 1. The molecule has 0 aliphatic heterocycles. The lowest BCUT2D eigenvalue weighted by atomic mass is 10.2. The molecule has 1 N–H and O–H groups in total. The van der Waals surface area contributed by atoms with Crippen LogP contribution in [0.1, 0.15) is 29.6 Å². The first-order valence-electron chi connectivity index (χ1n) is 9.44. The number of benzene rings is 1. The summed E-state index contributed by atoms with van der Waals surface area (Å²) in [5, 5.41) is 7.23. The summed E-state index contributed by atoms with van der Waals surface area (Å²) in [6.07, 6.45) is 0. The predicted molar refractivity (Wildman–Crippen MR) is 111 cm³/mol. The van der Waals surface area contributed by atoms with Gasteiger partial charge in [0.1, 0.15) is 12.3 Å². The van der Waals surface area contributed by atoms with E-state index >= 15 is 0 Å². The lowest BCUT2D eigenvalue weighted by Crippen LogP contribution is -2.33. The molecular formula is C21H25N5O3. The largest absolute Gasteiger partial charge is 0.494 e. The van der Waals surface area contributed by atoms with Crippen LogP contribution in [-0.4, -0.2) is 31.8 Å². The standard InChI is InChI=1S/C21H25N5O3/c1-6-29-18-9-7-17(8-10-18)23-19(27)12-25-20(28)15(4)16(5)22-21(25)26-14(3)11-13(2)24-26/h7-11H,6,12H2,1-5H3,(H,23,27). The molecule has 8 nitrogen and oxygen atoms in total. The Labute approximate surface area is 169 Å². The Morgan fingerprint density at radius 2 is 1.83 bits per heavy atom. The first kappa shape index (κ1) is 20.3. The average Bonchev–Trinajstić information content (AvgIpc) is 3.02. The highest BCUT2D eigenvalue weighted by atomic mass is 16.5. The Morgan fingerprint density at radius 1 is 1.14 bits per heavy atom. The van der Waals surface area contributed by atoms with Crippen molar-refractivity contribution in [2.75, 3.05) is 11.9 Å². The highest BCUT2D eigenvalue weighted by Gasteiger charge is 2.18. The quantitative estimate of drug-likeness (QED) is 0.693. The molecule has 0 aliphatic carbocycles. The average molecular weight is 395 g/mol. The maximum Gasteiger partial charge on any atom is 0.258 e. The molecule has 8 heteroatoms. The summed E-state index contributed by atoms with van der Waals surface area (Å²) in [5.41, 5.74) is 3.11. The number of aryl methyl sites for hydroxylation is 3. The third kappa shape index (κ3) is 4.37. The number of nitrogens with one attached hydrogen (secondary N) is 1. The first-order chi connectivity index (χ1) is 13.8. The van der Waals surface area contributed by atoms with Crippen LogP contribution in [0.25, 0.3) is 5.95 Å². The second-order valence-electron chi connectivity index (χ2n) is 6.86. The molecule has 2 heterocycles. The van der Waals surface area contributed by atoms with Crippen molar-refractivity contribution in [1.29, 1.82) is 0 Å². The molecule has 0 bridgehead atoms. The SMILES string of the molecule is CCOc1ccc(NC(=O)Cn2c(-n3nc(C)cc3C)nc(C)c(C)c2=O)cc1. The minimum Gasteiger partial charge on any atom is -0.494 e. The number of rotatable bonds is 6. The molecule has 0 saturated heterocycles. The highest BCUT2D eigenvalue weighted by Crippen LogP contribution is 2.16. The van der Waals surface area contributed by atoms with Crippen LogP contribution in [0.4, 0.5) is 5.69 Å². The highest BCUT2D eigenvalue weighted by molar-refractivity contribution is 5.90. The zero-order valence-corrected chi connectivity index (χ0v) is 17.3. The van der Waals surface area contributed by atoms with E-state index in [4.69, 9.17) is 4.74 Å². The van der Waals surface area contributed by atoms with Crippen molar-refractivity contribution in [2.24, 2.45) is 0 Å². The Hall–Kier alpha value is -3.42. The van der Waals surface area contributed by atoms with Crippen LogP contribution >= 0.6 is 0 Å². The summed E-state index contributed by atoms with van der Waals surface area (Å²) >= 11 is 0. The van der Waals surface area contributed by atoms with E-state index < -0.39 is 0 Å². The fourth-order valence-electron chi connectivity index (χ4n) is 3.02. The van der Waals surface area contributed by atoms with Crippen LogP contribution in [0.2, 0.25) is 0 Å². The van der Waals surface area contributed by atoms with E-state index in [2.05, 4.69) is 15.4 Å². The second-order valence-corrected chi connectivity index (χ2v) is 6.86. The van der Waals surface area contributed by atoms with Crippen LogP contribution in [0, 0.1) is 27.7 Å². The number of nitrogens with zero attached hydrogens (tertiary/aromatic N) is 4. The molecule has 0 aliphatic rings. The number of carbonyl (C=O) groups excluding carboxylic acids is 1. The summed E-state index contributed by atoms with van der Waals surface area (Å²) in [7, 11) is 0. The molecule has 0 fully saturated rings. The fourth-order valence-corrected chi connectivity index (χ4v) is 3.02. The second kappa shape index (κ2) is 8.30. The van der Waals surface area contributed by atoms with Crippen LogP contribution in [0.3, 0.4) is 0 Å². The molecule has 0 saturated carbocycles. The molecule has 0 unspecified atom stereocenters. The fraction of sp³-hybridized carbons (Fsp3) is 0.333. The minimum absolute atomic E-state index is 0.173. The van der Waals surface area contributed by atoms with Gasteiger partial charge in [0, 0.05) is 22.6 Å². The van der Waals surface area contributed by atoms with E-state index in [9.17, 15) is 9.59 Å². The van der Waals surface area contributed by atoms with Crippen molar-refractivity contribution in [1.82, 2.24) is 19.3 Å². The maximum absolute atomic E-state index is 12.9. The van der Waals surface area contributed by atoms with Crippen LogP contribution in [-0.2, 0) is 11.3 Å². The van der Waals surface area contributed by atoms with Crippen molar-refractivity contribution in [3.05, 3.63) is 63.3 Å². The maximum atomic E-state index is 12.9. The van der Waals surface area contributed by atoms with Gasteiger partial charge in [-0.2, -0.15) is 5.10 Å². The van der Waals surface area contributed by atoms with Crippen LogP contribution in [0.5, 0.6) is 5.75 Å². The number of amides is 1. The molecule has 152 valence electrons. The molecule has 0 spiro atoms. The van der Waals surface area contributed by atoms with E-state index in [1.165, 1.54) is 4.57 Å². The summed E-state index contributed by atoms with van der Waals surface area (Å²) in [6.45, 7) is 9.53. The third-order valence-electron chi connectivity index (χ3n) is 4.57. The van der Waals surface area contributed by atoms with Crippen LogP contribution < -0.4 is 15.6 Å². The van der Waals surface area contributed by atoms with E-state index in [-0.39, 0.29) is 18.0 Å². The zero-order chi connectivity index (χ0) is 21.1. The Balaban J connectivity index is 1.91. The monoisotopic (exact) mass is 395 g/mol. The normalized spacial score (nSPS) is 10.8. The smallest absolute Gasteiger partial charge is 0.258 e. The Morgan fingerprint density at radius 3 is 2.41 bits per heavy atom. The number of hydrogen-bond donors (Lipinski definition) is 1. The molecule has 0 radical (unpaired) electrons. The van der Waals surface area contributed by atoms with Crippen molar-refractivity contribution in [2.45, 2.75) is 41.2 Å². The van der Waals surface area contributed by atoms with E-state index in [1.807, 2.05) is 26.8 Å². The third-order valence-corrected chi connectivity index (χ3v) is 4.57. The Kier molecular flexibility index (Phi) is 5.81. The summed E-state index contributed by atoms with van der Waals surface area (Å²) in [6, 6.07) is 8.97. The van der Waals surface area contributed by atoms with Crippen molar-refractivity contribution < 1.29 is 9.53 Å². The summed E-state index contributed by atoms with van der Waals surface area (Å²) < 4.78 is 8.35. The molecule has 3 rings (SSSR count). The van der Waals surface area contributed by atoms with Gasteiger partial charge in [-0.15, -0.1) is 0 Å². The molecule has 1 aromatic carbocycles. The van der Waals surface area contributed by atoms with Crippen molar-refractivity contribution >= 4 is 11.6 Å². The number of hydrogen-bond acceptors (Lipinski definition) is 5. The van der Waals surface area contributed by atoms with Gasteiger partial charge in [-0.1, -0.05) is 0 Å². The number of aromatic nitrogens is 4. The van der Waals surface area contributed by atoms with Crippen molar-refractivity contribution in [3.63, 3.8) is 0 Å². The predicted octanol–water partition coefficient (Wildman–Crippen LogP) is 2.70. The lowest BCUT2D eigenvalue weighted by Gasteiger charge is -2.15. The number of anilines is 1. The Bertz CT molecular complexity index is 1100. The molecular weight excluding hydrogens is 370 g/mol. The first-order valence-corrected chi connectivity index (χ1v) is 9.44. The molecule has 2 aromatic heterocycles. The van der Waals surface area contributed by atoms with Gasteiger partial charge in [-0.25, -0.2) is 9.67 Å². The van der Waals surface area contributed by atoms with Crippen LogP contribution in [0.15, 0.2) is 35.1 Å². The molecule has 1 amide bonds. The zero-order valence-electron chi connectivity index (χ0n) is 17.3. The van der Waals surface area contributed by atoms with E-state index in [0.29, 0.717) is 29.5 Å². The molecule has 29 heavy (non-hydrogen) atoms. The van der Waals surface area contributed by atoms with Gasteiger partial charge < -0.3 is 10.1 Å². The molecule has 0 atom stereocenters. The van der Waals surface area contributed by atoms with E-state index in [1.54, 1.807) is 42.8 Å². The van der Waals surface area contributed by atoms with Gasteiger partial charge in [-0.3, -0.25) is 14.2 Å². The minimum atomic E-state index is -0.330. The number of ether oxygens (including phenoxy) is 1. The van der Waals surface area contributed by atoms with E-state index in [0.717, 1.165) is 17.1 Å². The van der Waals surface area contributed by atoms with Gasteiger partial charge in [0.25, 0.3) is 5.56 Å².